The molecule has 1 aliphatic carbocycles. The minimum atomic E-state index is 0.781. The highest BCUT2D eigenvalue weighted by molar-refractivity contribution is 5.05. The number of hydrogen-bond donors (Lipinski definition) is 0. The minimum Gasteiger partial charge on any atom is -0.305 e. The van der Waals surface area contributed by atoms with E-state index < -0.39 is 0 Å². The van der Waals surface area contributed by atoms with E-state index in [9.17, 15) is 0 Å². The molecule has 0 aromatic rings. The zero-order valence-electron chi connectivity index (χ0n) is 7.93. The van der Waals surface area contributed by atoms with Crippen molar-refractivity contribution in [1.29, 1.82) is 0 Å². The minimum absolute atomic E-state index is 0.781. The van der Waals surface area contributed by atoms with Gasteiger partial charge in [-0.05, 0) is 37.1 Å². The lowest BCUT2D eigenvalue weighted by Crippen LogP contribution is -2.19. The Bertz CT molecular complexity index is 158. The van der Waals surface area contributed by atoms with E-state index in [1.54, 1.807) is 0 Å². The fourth-order valence-electron chi connectivity index (χ4n) is 2.86. The highest BCUT2D eigenvalue weighted by Crippen LogP contribution is 2.57. The van der Waals surface area contributed by atoms with Crippen LogP contribution >= 0.6 is 0 Å². The van der Waals surface area contributed by atoms with Crippen LogP contribution in [0.2, 0.25) is 0 Å². The molecule has 2 aliphatic rings. The first kappa shape index (κ1) is 7.60. The second kappa shape index (κ2) is 2.22. The van der Waals surface area contributed by atoms with E-state index >= 15 is 0 Å². The average molecular weight is 153 g/mol. The van der Waals surface area contributed by atoms with Gasteiger partial charge in [-0.3, -0.25) is 0 Å². The zero-order chi connectivity index (χ0) is 8.06. The van der Waals surface area contributed by atoms with Crippen molar-refractivity contribution in [3.05, 3.63) is 0 Å². The maximum absolute atomic E-state index is 2.51. The molecule has 0 N–H and O–H groups in total. The van der Waals surface area contributed by atoms with Crippen molar-refractivity contribution in [3.8, 4) is 0 Å². The van der Waals surface area contributed by atoms with Crippen molar-refractivity contribution in [2.75, 3.05) is 20.1 Å². The fourth-order valence-corrected chi connectivity index (χ4v) is 2.86. The topological polar surface area (TPSA) is 3.24 Å². The third-order valence-electron chi connectivity index (χ3n) is 3.58. The van der Waals surface area contributed by atoms with Gasteiger partial charge in [-0.25, -0.2) is 0 Å². The van der Waals surface area contributed by atoms with E-state index in [0.29, 0.717) is 0 Å². The van der Waals surface area contributed by atoms with E-state index in [2.05, 4.69) is 25.8 Å². The molecule has 1 spiro atoms. The maximum atomic E-state index is 2.51. The van der Waals surface area contributed by atoms with Crippen LogP contribution in [0.1, 0.15) is 26.7 Å². The monoisotopic (exact) mass is 153 g/mol. The van der Waals surface area contributed by atoms with Gasteiger partial charge >= 0.3 is 0 Å². The lowest BCUT2D eigenvalue weighted by atomic mass is 9.84. The Morgan fingerprint density at radius 1 is 1.36 bits per heavy atom. The van der Waals surface area contributed by atoms with Crippen molar-refractivity contribution in [2.45, 2.75) is 26.7 Å². The van der Waals surface area contributed by atoms with Gasteiger partial charge in [-0.2, -0.15) is 0 Å². The highest BCUT2D eigenvalue weighted by atomic mass is 15.1. The van der Waals surface area contributed by atoms with Crippen LogP contribution in [-0.4, -0.2) is 25.0 Å². The first-order valence-corrected chi connectivity index (χ1v) is 4.83. The normalized spacial score (nSPS) is 35.5. The summed E-state index contributed by atoms with van der Waals surface area (Å²) in [5.41, 5.74) is 0.781. The van der Waals surface area contributed by atoms with Crippen molar-refractivity contribution in [2.24, 2.45) is 17.3 Å². The molecule has 0 radical (unpaired) electrons. The van der Waals surface area contributed by atoms with Crippen LogP contribution in [0.4, 0.5) is 0 Å². The fraction of sp³-hybridized carbons (Fsp3) is 1.00. The average Bonchev–Trinajstić information content (AvgIpc) is 2.54. The van der Waals surface area contributed by atoms with Crippen molar-refractivity contribution in [1.82, 2.24) is 4.90 Å². The number of rotatable bonds is 1. The van der Waals surface area contributed by atoms with Crippen molar-refractivity contribution < 1.29 is 0 Å². The molecule has 1 atom stereocenters. The predicted octanol–water partition coefficient (Wildman–Crippen LogP) is 1.98. The van der Waals surface area contributed by atoms with Crippen LogP contribution in [0.5, 0.6) is 0 Å². The van der Waals surface area contributed by atoms with Crippen LogP contribution in [0.25, 0.3) is 0 Å². The molecule has 2 rings (SSSR count). The maximum Gasteiger partial charge on any atom is 0.00383 e. The van der Waals surface area contributed by atoms with E-state index in [1.165, 1.54) is 25.9 Å². The molecule has 1 saturated heterocycles. The SMILES string of the molecule is CC(C)C1CN(C)CC12CC2. The molecule has 0 amide bonds. The molecule has 1 nitrogen and oxygen atoms in total. The van der Waals surface area contributed by atoms with Gasteiger partial charge in [0, 0.05) is 13.1 Å². The molecule has 0 bridgehead atoms. The van der Waals surface area contributed by atoms with E-state index in [-0.39, 0.29) is 0 Å². The second-order valence-corrected chi connectivity index (χ2v) is 4.91. The summed E-state index contributed by atoms with van der Waals surface area (Å²) in [7, 11) is 2.27. The Hall–Kier alpha value is -0.0400. The van der Waals surface area contributed by atoms with Gasteiger partial charge in [0.25, 0.3) is 0 Å². The van der Waals surface area contributed by atoms with Gasteiger partial charge < -0.3 is 4.90 Å². The molecule has 0 aromatic carbocycles. The molecular weight excluding hydrogens is 134 g/mol. The van der Waals surface area contributed by atoms with Crippen molar-refractivity contribution in [3.63, 3.8) is 0 Å². The van der Waals surface area contributed by atoms with Gasteiger partial charge in [0.05, 0.1) is 0 Å². The van der Waals surface area contributed by atoms with Crippen LogP contribution in [0.3, 0.4) is 0 Å². The Morgan fingerprint density at radius 3 is 2.36 bits per heavy atom. The smallest absolute Gasteiger partial charge is 0.00383 e. The zero-order valence-corrected chi connectivity index (χ0v) is 7.93. The summed E-state index contributed by atoms with van der Waals surface area (Å²) in [6, 6.07) is 0. The standard InChI is InChI=1S/C10H19N/c1-8(2)9-6-11(3)7-10(9)4-5-10/h8-9H,4-7H2,1-3H3. The molecule has 1 unspecified atom stereocenters. The Labute approximate surface area is 69.8 Å². The largest absolute Gasteiger partial charge is 0.305 e. The Balaban J connectivity index is 2.09. The van der Waals surface area contributed by atoms with E-state index in [1.807, 2.05) is 0 Å². The molecule has 11 heavy (non-hydrogen) atoms. The van der Waals surface area contributed by atoms with E-state index in [4.69, 9.17) is 0 Å². The van der Waals surface area contributed by atoms with Gasteiger partial charge in [-0.15, -0.1) is 0 Å². The van der Waals surface area contributed by atoms with Crippen molar-refractivity contribution >= 4 is 0 Å². The first-order chi connectivity index (χ1) is 5.14. The van der Waals surface area contributed by atoms with E-state index in [0.717, 1.165) is 17.3 Å². The quantitative estimate of drug-likeness (QED) is 0.557. The summed E-state index contributed by atoms with van der Waals surface area (Å²) in [5, 5.41) is 0. The summed E-state index contributed by atoms with van der Waals surface area (Å²) < 4.78 is 0. The molecule has 1 aliphatic heterocycles. The summed E-state index contributed by atoms with van der Waals surface area (Å²) in [6.07, 6.45) is 3.00. The first-order valence-electron chi connectivity index (χ1n) is 4.83. The number of nitrogens with zero attached hydrogens (tertiary/aromatic N) is 1. The number of likely N-dealkylation sites (tertiary alicyclic amines) is 1. The van der Waals surface area contributed by atoms with Gasteiger partial charge in [0.15, 0.2) is 0 Å². The van der Waals surface area contributed by atoms with Crippen LogP contribution < -0.4 is 0 Å². The molecule has 1 heteroatoms. The summed E-state index contributed by atoms with van der Waals surface area (Å²) in [6.45, 7) is 7.47. The van der Waals surface area contributed by atoms with Gasteiger partial charge in [0.2, 0.25) is 0 Å². The van der Waals surface area contributed by atoms with Gasteiger partial charge in [0.1, 0.15) is 0 Å². The number of hydrogen-bond acceptors (Lipinski definition) is 1. The Morgan fingerprint density at radius 2 is 2.00 bits per heavy atom. The Kier molecular flexibility index (Phi) is 1.54. The van der Waals surface area contributed by atoms with Crippen LogP contribution in [0, 0.1) is 17.3 Å². The third-order valence-corrected chi connectivity index (χ3v) is 3.58. The highest BCUT2D eigenvalue weighted by Gasteiger charge is 2.54. The molecule has 0 aromatic heterocycles. The summed E-state index contributed by atoms with van der Waals surface area (Å²) >= 11 is 0. The lowest BCUT2D eigenvalue weighted by molar-refractivity contribution is 0.299. The lowest BCUT2D eigenvalue weighted by Gasteiger charge is -2.20. The van der Waals surface area contributed by atoms with Gasteiger partial charge in [-0.1, -0.05) is 13.8 Å². The molecular formula is C10H19N. The van der Waals surface area contributed by atoms with Crippen LogP contribution in [-0.2, 0) is 0 Å². The summed E-state index contributed by atoms with van der Waals surface area (Å²) in [4.78, 5) is 2.51. The molecule has 64 valence electrons. The second-order valence-electron chi connectivity index (χ2n) is 4.91. The third kappa shape index (κ3) is 1.10. The predicted molar refractivity (Wildman–Crippen MR) is 47.5 cm³/mol. The van der Waals surface area contributed by atoms with Crippen LogP contribution in [0.15, 0.2) is 0 Å². The molecule has 2 fully saturated rings. The molecule has 1 heterocycles. The summed E-state index contributed by atoms with van der Waals surface area (Å²) in [5.74, 6) is 1.88. The molecule has 1 saturated carbocycles.